The molecule has 5 nitrogen and oxygen atoms in total. The molecule has 0 saturated carbocycles. The van der Waals surface area contributed by atoms with E-state index in [2.05, 4.69) is 12.2 Å². The van der Waals surface area contributed by atoms with Crippen LogP contribution in [0.15, 0.2) is 0 Å². The fourth-order valence-corrected chi connectivity index (χ4v) is 1.03. The lowest BCUT2D eigenvalue weighted by molar-refractivity contribution is -0.111. The Morgan fingerprint density at radius 3 is 2.53 bits per heavy atom. The maximum Gasteiger partial charge on any atom is 0.408 e. The molecule has 17 heavy (non-hydrogen) atoms. The number of nitrogens with one attached hydrogen (secondary N) is 1. The highest BCUT2D eigenvalue weighted by Gasteiger charge is 2.19. The fraction of sp³-hybridized carbons (Fsp3) is 0.833. The molecule has 0 fully saturated rings. The van der Waals surface area contributed by atoms with E-state index < -0.39 is 17.7 Å². The van der Waals surface area contributed by atoms with Crippen molar-refractivity contribution in [2.75, 3.05) is 13.2 Å². The fourth-order valence-electron chi connectivity index (χ4n) is 1.03. The molecule has 0 rings (SSSR count). The van der Waals surface area contributed by atoms with Gasteiger partial charge in [0.1, 0.15) is 17.9 Å². The minimum atomic E-state index is -0.651. The van der Waals surface area contributed by atoms with Crippen LogP contribution in [0.3, 0.4) is 0 Å². The van der Waals surface area contributed by atoms with Crippen molar-refractivity contribution in [2.45, 2.75) is 52.2 Å². The lowest BCUT2D eigenvalue weighted by Crippen LogP contribution is -2.42. The van der Waals surface area contributed by atoms with Crippen LogP contribution in [0.25, 0.3) is 0 Å². The zero-order valence-electron chi connectivity index (χ0n) is 11.1. The Balaban J connectivity index is 3.88. The summed E-state index contributed by atoms with van der Waals surface area (Å²) in [7, 11) is 0. The van der Waals surface area contributed by atoms with Crippen LogP contribution in [0.2, 0.25) is 0 Å². The van der Waals surface area contributed by atoms with Crippen molar-refractivity contribution in [2.24, 2.45) is 0 Å². The molecule has 0 aromatic carbocycles. The minimum absolute atomic E-state index is 0.183. The second-order valence-electron chi connectivity index (χ2n) is 4.82. The number of alkyl carbamates (subject to hydrolysis) is 1. The topological polar surface area (TPSA) is 64.6 Å². The molecule has 0 saturated heterocycles. The van der Waals surface area contributed by atoms with Crippen LogP contribution < -0.4 is 5.32 Å². The number of amides is 1. The van der Waals surface area contributed by atoms with Gasteiger partial charge in [0.05, 0.1) is 6.61 Å². The molecule has 0 aliphatic heterocycles. The van der Waals surface area contributed by atoms with Crippen molar-refractivity contribution in [1.29, 1.82) is 0 Å². The van der Waals surface area contributed by atoms with Gasteiger partial charge in [0.2, 0.25) is 0 Å². The van der Waals surface area contributed by atoms with Gasteiger partial charge < -0.3 is 19.6 Å². The molecular weight excluding hydrogens is 222 g/mol. The highest BCUT2D eigenvalue weighted by Crippen LogP contribution is 2.06. The third-order valence-corrected chi connectivity index (χ3v) is 1.81. The van der Waals surface area contributed by atoms with Crippen molar-refractivity contribution < 1.29 is 19.1 Å². The van der Waals surface area contributed by atoms with Gasteiger partial charge in [0.15, 0.2) is 0 Å². The maximum absolute atomic E-state index is 11.4. The smallest absolute Gasteiger partial charge is 0.408 e. The lowest BCUT2D eigenvalue weighted by atomic mass is 10.2. The number of ether oxygens (including phenoxy) is 2. The molecule has 5 heteroatoms. The Labute approximate surface area is 103 Å². The van der Waals surface area contributed by atoms with E-state index >= 15 is 0 Å². The summed E-state index contributed by atoms with van der Waals surface area (Å²) >= 11 is 0. The summed E-state index contributed by atoms with van der Waals surface area (Å²) < 4.78 is 10.3. The first-order valence-corrected chi connectivity index (χ1v) is 5.91. The number of unbranched alkanes of at least 4 members (excludes halogenated alkanes) is 1. The number of hydrogen-bond donors (Lipinski definition) is 1. The Morgan fingerprint density at radius 1 is 1.41 bits per heavy atom. The lowest BCUT2D eigenvalue weighted by Gasteiger charge is -2.21. The summed E-state index contributed by atoms with van der Waals surface area (Å²) in [5.74, 6) is 0. The summed E-state index contributed by atoms with van der Waals surface area (Å²) in [6, 6.07) is -0.651. The minimum Gasteiger partial charge on any atom is -0.444 e. The van der Waals surface area contributed by atoms with Crippen LogP contribution >= 0.6 is 0 Å². The van der Waals surface area contributed by atoms with Gasteiger partial charge in [-0.25, -0.2) is 4.79 Å². The number of aldehydes is 1. The molecule has 0 aromatic rings. The molecule has 0 bridgehead atoms. The molecule has 0 unspecified atom stereocenters. The zero-order valence-corrected chi connectivity index (χ0v) is 11.1. The molecule has 1 N–H and O–H groups in total. The van der Waals surface area contributed by atoms with Crippen LogP contribution in [0.1, 0.15) is 40.5 Å². The second-order valence-corrected chi connectivity index (χ2v) is 4.82. The van der Waals surface area contributed by atoms with Crippen molar-refractivity contribution in [3.05, 3.63) is 0 Å². The van der Waals surface area contributed by atoms with Crippen LogP contribution in [-0.4, -0.2) is 37.2 Å². The van der Waals surface area contributed by atoms with E-state index in [1.807, 2.05) is 0 Å². The first-order chi connectivity index (χ1) is 7.89. The average molecular weight is 245 g/mol. The van der Waals surface area contributed by atoms with E-state index in [0.29, 0.717) is 12.9 Å². The van der Waals surface area contributed by atoms with Gasteiger partial charge in [-0.3, -0.25) is 0 Å². The Morgan fingerprint density at radius 2 is 2.06 bits per heavy atom. The summed E-state index contributed by atoms with van der Waals surface area (Å²) in [6.45, 7) is 8.12. The van der Waals surface area contributed by atoms with Gasteiger partial charge in [-0.2, -0.15) is 0 Å². The highest BCUT2D eigenvalue weighted by atomic mass is 16.6. The summed E-state index contributed by atoms with van der Waals surface area (Å²) in [6.07, 6.45) is 2.02. The van der Waals surface area contributed by atoms with Crippen molar-refractivity contribution in [1.82, 2.24) is 5.32 Å². The number of carbonyl (C=O) groups excluding carboxylic acids is 2. The van der Waals surface area contributed by atoms with Crippen LogP contribution in [-0.2, 0) is 14.3 Å². The van der Waals surface area contributed by atoms with E-state index in [-0.39, 0.29) is 6.61 Å². The predicted octanol–water partition coefficient (Wildman–Crippen LogP) is 1.90. The molecule has 0 aliphatic carbocycles. The number of rotatable bonds is 7. The maximum atomic E-state index is 11.4. The Bertz CT molecular complexity index is 235. The van der Waals surface area contributed by atoms with E-state index in [1.54, 1.807) is 20.8 Å². The van der Waals surface area contributed by atoms with Gasteiger partial charge in [-0.15, -0.1) is 0 Å². The van der Waals surface area contributed by atoms with E-state index in [9.17, 15) is 9.59 Å². The summed E-state index contributed by atoms with van der Waals surface area (Å²) in [4.78, 5) is 22.1. The largest absolute Gasteiger partial charge is 0.444 e. The van der Waals surface area contributed by atoms with Gasteiger partial charge in [-0.05, 0) is 27.2 Å². The highest BCUT2D eigenvalue weighted by molar-refractivity contribution is 5.73. The molecule has 0 aromatic heterocycles. The Kier molecular flexibility index (Phi) is 7.54. The van der Waals surface area contributed by atoms with Gasteiger partial charge >= 0.3 is 6.09 Å². The van der Waals surface area contributed by atoms with Crippen molar-refractivity contribution in [3.8, 4) is 0 Å². The van der Waals surface area contributed by atoms with E-state index in [4.69, 9.17) is 9.47 Å². The Hall–Kier alpha value is -1.10. The standard InChI is InChI=1S/C12H23NO4/c1-5-6-7-16-9-10(8-14)13-11(15)17-12(2,3)4/h8,10H,5-7,9H2,1-4H3,(H,13,15)/t10-/m0/s1. The SMILES string of the molecule is CCCCOC[C@H](C=O)NC(=O)OC(C)(C)C. The molecule has 1 atom stereocenters. The first kappa shape index (κ1) is 15.9. The normalized spacial score (nSPS) is 12.9. The van der Waals surface area contributed by atoms with Crippen molar-refractivity contribution >= 4 is 12.4 Å². The quantitative estimate of drug-likeness (QED) is 0.549. The summed E-state index contributed by atoms with van der Waals surface area (Å²) in [5, 5.41) is 2.45. The van der Waals surface area contributed by atoms with Gasteiger partial charge in [0.25, 0.3) is 0 Å². The van der Waals surface area contributed by atoms with Gasteiger partial charge in [-0.1, -0.05) is 13.3 Å². The molecule has 0 radical (unpaired) electrons. The predicted molar refractivity (Wildman–Crippen MR) is 64.9 cm³/mol. The molecule has 0 aliphatic rings. The molecule has 100 valence electrons. The third-order valence-electron chi connectivity index (χ3n) is 1.81. The molecular formula is C12H23NO4. The first-order valence-electron chi connectivity index (χ1n) is 5.91. The average Bonchev–Trinajstić information content (AvgIpc) is 2.20. The zero-order chi connectivity index (χ0) is 13.3. The monoisotopic (exact) mass is 245 g/mol. The van der Waals surface area contributed by atoms with Crippen molar-refractivity contribution in [3.63, 3.8) is 0 Å². The van der Waals surface area contributed by atoms with E-state index in [1.165, 1.54) is 0 Å². The number of hydrogen-bond acceptors (Lipinski definition) is 4. The van der Waals surface area contributed by atoms with Crippen LogP contribution in [0, 0.1) is 0 Å². The number of carbonyl (C=O) groups is 2. The van der Waals surface area contributed by atoms with Gasteiger partial charge in [0, 0.05) is 6.61 Å². The van der Waals surface area contributed by atoms with E-state index in [0.717, 1.165) is 12.8 Å². The summed E-state index contributed by atoms with van der Waals surface area (Å²) in [5.41, 5.74) is -0.569. The molecule has 0 spiro atoms. The molecule has 1 amide bonds. The van der Waals surface area contributed by atoms with Crippen LogP contribution in [0.4, 0.5) is 4.79 Å². The van der Waals surface area contributed by atoms with Crippen LogP contribution in [0.5, 0.6) is 0 Å². The third kappa shape index (κ3) is 9.81. The second kappa shape index (κ2) is 8.06. The molecule has 0 heterocycles.